The van der Waals surface area contributed by atoms with Crippen molar-refractivity contribution in [3.63, 3.8) is 0 Å². The third-order valence-electron chi connectivity index (χ3n) is 5.06. The van der Waals surface area contributed by atoms with E-state index in [4.69, 9.17) is 11.4 Å². The largest absolute Gasteiger partial charge is 0.353 e. The zero-order chi connectivity index (χ0) is 18.3. The molecule has 2 amide bonds. The predicted octanol–water partition coefficient (Wildman–Crippen LogP) is 0.201. The first-order valence-electron chi connectivity index (χ1n) is 8.70. The van der Waals surface area contributed by atoms with Crippen LogP contribution in [-0.2, 0) is 16.6 Å². The maximum absolute atomic E-state index is 12.2. The van der Waals surface area contributed by atoms with Crippen molar-refractivity contribution in [3.05, 3.63) is 17.8 Å². The number of anilines is 1. The standard InChI is InChI=1S/C18H20N6O2/c1-3-23-8-10-24(11-9-23)14-6-4-12-16(21-22(2)17(12)19-14)13-5-7-15(25)20-18(13)26/h1,4,6,13H,5,7-11H2,2H3,(H,20,25,26). The number of hydrogen-bond donors (Lipinski definition) is 1. The number of rotatable bonds is 2. The van der Waals surface area contributed by atoms with Crippen molar-refractivity contribution < 1.29 is 9.59 Å². The Labute approximate surface area is 151 Å². The number of terminal acetylenes is 1. The molecular weight excluding hydrogens is 332 g/mol. The SMILES string of the molecule is C#CN1CCN(c2ccc3c(C4CCC(=O)NC4=O)nn(C)c3n2)CC1. The molecule has 8 heteroatoms. The predicted molar refractivity (Wildman–Crippen MR) is 96.3 cm³/mol. The van der Waals surface area contributed by atoms with Crippen molar-refractivity contribution in [2.24, 2.45) is 7.05 Å². The number of pyridine rings is 1. The van der Waals surface area contributed by atoms with Crippen molar-refractivity contribution in [1.82, 2.24) is 25.0 Å². The maximum Gasteiger partial charge on any atom is 0.235 e. The van der Waals surface area contributed by atoms with Gasteiger partial charge in [0.1, 0.15) is 5.82 Å². The Morgan fingerprint density at radius 2 is 2.00 bits per heavy atom. The van der Waals surface area contributed by atoms with Crippen LogP contribution in [0.2, 0.25) is 0 Å². The number of hydrogen-bond acceptors (Lipinski definition) is 6. The Hall–Kier alpha value is -3.08. The lowest BCUT2D eigenvalue weighted by atomic mass is 9.93. The second-order valence-electron chi connectivity index (χ2n) is 6.66. The Kier molecular flexibility index (Phi) is 3.99. The van der Waals surface area contributed by atoms with Crippen molar-refractivity contribution in [2.45, 2.75) is 18.8 Å². The van der Waals surface area contributed by atoms with E-state index in [1.54, 1.807) is 4.68 Å². The molecule has 4 rings (SSSR count). The normalized spacial score (nSPS) is 21.0. The van der Waals surface area contributed by atoms with Gasteiger partial charge in [-0.2, -0.15) is 5.10 Å². The second kappa shape index (κ2) is 6.33. The molecular formula is C18H20N6O2. The van der Waals surface area contributed by atoms with Gasteiger partial charge < -0.3 is 9.80 Å². The summed E-state index contributed by atoms with van der Waals surface area (Å²) in [7, 11) is 1.82. The summed E-state index contributed by atoms with van der Waals surface area (Å²) in [5.41, 5.74) is 1.42. The third-order valence-corrected chi connectivity index (χ3v) is 5.06. The molecule has 2 aromatic heterocycles. The van der Waals surface area contributed by atoms with Crippen LogP contribution in [-0.4, -0.2) is 57.7 Å². The quantitative estimate of drug-likeness (QED) is 0.614. The Bertz CT molecular complexity index is 920. The van der Waals surface area contributed by atoms with Gasteiger partial charge in [-0.25, -0.2) is 4.98 Å². The summed E-state index contributed by atoms with van der Waals surface area (Å²) < 4.78 is 1.70. The lowest BCUT2D eigenvalue weighted by molar-refractivity contribution is -0.134. The molecule has 2 saturated heterocycles. The minimum Gasteiger partial charge on any atom is -0.353 e. The summed E-state index contributed by atoms with van der Waals surface area (Å²) in [5.74, 6) is -0.0380. The highest BCUT2D eigenvalue weighted by atomic mass is 16.2. The van der Waals surface area contributed by atoms with Crippen LogP contribution >= 0.6 is 0 Å². The molecule has 1 N–H and O–H groups in total. The molecule has 2 aliphatic heterocycles. The number of piperazine rings is 1. The molecule has 134 valence electrons. The number of imide groups is 1. The van der Waals surface area contributed by atoms with Gasteiger partial charge in [0, 0.05) is 51.1 Å². The number of amides is 2. The number of piperidine rings is 1. The lowest BCUT2D eigenvalue weighted by Crippen LogP contribution is -2.44. The van der Waals surface area contributed by atoms with Crippen molar-refractivity contribution >= 4 is 28.7 Å². The summed E-state index contributed by atoms with van der Waals surface area (Å²) in [5, 5.41) is 7.78. The first-order valence-corrected chi connectivity index (χ1v) is 8.70. The van der Waals surface area contributed by atoms with Crippen LogP contribution in [0.4, 0.5) is 5.82 Å². The molecule has 26 heavy (non-hydrogen) atoms. The molecule has 2 aromatic rings. The van der Waals surface area contributed by atoms with Crippen molar-refractivity contribution in [3.8, 4) is 12.5 Å². The summed E-state index contributed by atoms with van der Waals surface area (Å²) in [4.78, 5) is 32.5. The van der Waals surface area contributed by atoms with E-state index in [1.807, 2.05) is 24.1 Å². The zero-order valence-corrected chi connectivity index (χ0v) is 14.6. The minimum atomic E-state index is -0.414. The van der Waals surface area contributed by atoms with Crippen molar-refractivity contribution in [2.75, 3.05) is 31.1 Å². The van der Waals surface area contributed by atoms with Gasteiger partial charge in [0.05, 0.1) is 11.6 Å². The average molecular weight is 352 g/mol. The fraction of sp³-hybridized carbons (Fsp3) is 0.444. The van der Waals surface area contributed by atoms with E-state index in [-0.39, 0.29) is 11.8 Å². The van der Waals surface area contributed by atoms with Crippen LogP contribution in [0.5, 0.6) is 0 Å². The first kappa shape index (κ1) is 16.4. The summed E-state index contributed by atoms with van der Waals surface area (Å²) in [6.07, 6.45) is 6.26. The Morgan fingerprint density at radius 3 is 2.69 bits per heavy atom. The third kappa shape index (κ3) is 2.75. The van der Waals surface area contributed by atoms with Gasteiger partial charge in [0.25, 0.3) is 0 Å². The van der Waals surface area contributed by atoms with E-state index in [0.717, 1.165) is 43.0 Å². The van der Waals surface area contributed by atoms with E-state index in [2.05, 4.69) is 21.4 Å². The molecule has 8 nitrogen and oxygen atoms in total. The summed E-state index contributed by atoms with van der Waals surface area (Å²) >= 11 is 0. The lowest BCUT2D eigenvalue weighted by Gasteiger charge is -2.33. The molecule has 0 radical (unpaired) electrons. The Balaban J connectivity index is 1.64. The van der Waals surface area contributed by atoms with Crippen LogP contribution < -0.4 is 10.2 Å². The number of carbonyl (C=O) groups is 2. The fourth-order valence-corrected chi connectivity index (χ4v) is 3.60. The molecule has 4 heterocycles. The van der Waals surface area contributed by atoms with Crippen LogP contribution in [0, 0.1) is 12.5 Å². The van der Waals surface area contributed by atoms with Gasteiger partial charge in [-0.15, -0.1) is 0 Å². The molecule has 0 spiro atoms. The highest BCUT2D eigenvalue weighted by molar-refractivity contribution is 6.02. The van der Waals surface area contributed by atoms with Crippen LogP contribution in [0.3, 0.4) is 0 Å². The number of fused-ring (bicyclic) bond motifs is 1. The zero-order valence-electron chi connectivity index (χ0n) is 14.6. The topological polar surface area (TPSA) is 83.4 Å². The molecule has 0 bridgehead atoms. The molecule has 0 aliphatic carbocycles. The fourth-order valence-electron chi connectivity index (χ4n) is 3.60. The van der Waals surface area contributed by atoms with E-state index in [9.17, 15) is 9.59 Å². The molecule has 2 fully saturated rings. The summed E-state index contributed by atoms with van der Waals surface area (Å²) in [6, 6.07) is 6.60. The highest BCUT2D eigenvalue weighted by Gasteiger charge is 2.32. The number of aryl methyl sites for hydroxylation is 1. The number of nitrogens with zero attached hydrogens (tertiary/aromatic N) is 5. The number of aromatic nitrogens is 3. The van der Waals surface area contributed by atoms with Gasteiger partial charge in [-0.05, 0) is 18.6 Å². The van der Waals surface area contributed by atoms with E-state index < -0.39 is 5.92 Å². The van der Waals surface area contributed by atoms with Crippen LogP contribution in [0.15, 0.2) is 12.1 Å². The van der Waals surface area contributed by atoms with Gasteiger partial charge >= 0.3 is 0 Å². The van der Waals surface area contributed by atoms with Crippen LogP contribution in [0.1, 0.15) is 24.5 Å². The highest BCUT2D eigenvalue weighted by Crippen LogP contribution is 2.30. The smallest absolute Gasteiger partial charge is 0.235 e. The number of nitrogens with one attached hydrogen (secondary N) is 1. The second-order valence-corrected chi connectivity index (χ2v) is 6.66. The number of carbonyl (C=O) groups excluding carboxylic acids is 2. The van der Waals surface area contributed by atoms with Gasteiger partial charge in [-0.3, -0.25) is 19.6 Å². The van der Waals surface area contributed by atoms with Gasteiger partial charge in [-0.1, -0.05) is 6.42 Å². The van der Waals surface area contributed by atoms with E-state index in [1.165, 1.54) is 0 Å². The van der Waals surface area contributed by atoms with Crippen LogP contribution in [0.25, 0.3) is 11.0 Å². The molecule has 0 aromatic carbocycles. The maximum atomic E-state index is 12.2. The molecule has 1 atom stereocenters. The first-order chi connectivity index (χ1) is 12.6. The molecule has 2 aliphatic rings. The molecule has 1 unspecified atom stereocenters. The van der Waals surface area contributed by atoms with Gasteiger partial charge in [0.15, 0.2) is 5.65 Å². The molecule has 0 saturated carbocycles. The average Bonchev–Trinajstić information content (AvgIpc) is 2.98. The van der Waals surface area contributed by atoms with Crippen molar-refractivity contribution in [1.29, 1.82) is 0 Å². The minimum absolute atomic E-state index is 0.224. The van der Waals surface area contributed by atoms with Gasteiger partial charge in [0.2, 0.25) is 11.8 Å². The van der Waals surface area contributed by atoms with E-state index >= 15 is 0 Å². The van der Waals surface area contributed by atoms with E-state index in [0.29, 0.717) is 18.5 Å². The Morgan fingerprint density at radius 1 is 1.23 bits per heavy atom. The monoisotopic (exact) mass is 352 g/mol. The summed E-state index contributed by atoms with van der Waals surface area (Å²) in [6.45, 7) is 3.26.